The average molecular weight is 318 g/mol. The number of hydrogen-bond acceptors (Lipinski definition) is 3. The zero-order chi connectivity index (χ0) is 14.2. The first-order valence-electron chi connectivity index (χ1n) is 5.04. The van der Waals surface area contributed by atoms with Crippen molar-refractivity contribution in [2.24, 2.45) is 0 Å². The van der Waals surface area contributed by atoms with E-state index >= 15 is 0 Å². The van der Waals surface area contributed by atoms with E-state index in [0.29, 0.717) is 16.3 Å². The van der Waals surface area contributed by atoms with Gasteiger partial charge >= 0.3 is 5.97 Å². The quantitative estimate of drug-likeness (QED) is 0.821. The summed E-state index contributed by atoms with van der Waals surface area (Å²) < 4.78 is 0. The van der Waals surface area contributed by atoms with E-state index < -0.39 is 5.97 Å². The van der Waals surface area contributed by atoms with Crippen LogP contribution in [0, 0.1) is 0 Å². The van der Waals surface area contributed by atoms with Crippen LogP contribution >= 0.6 is 34.8 Å². The molecule has 0 saturated carbocycles. The Morgan fingerprint density at radius 1 is 1.21 bits per heavy atom. The number of aromatic nitrogens is 1. The number of halogens is 3. The van der Waals surface area contributed by atoms with Crippen molar-refractivity contribution in [3.05, 3.63) is 45.0 Å². The Kier molecular flexibility index (Phi) is 3.85. The zero-order valence-corrected chi connectivity index (χ0v) is 11.6. The molecule has 19 heavy (non-hydrogen) atoms. The second-order valence-electron chi connectivity index (χ2n) is 3.68. The van der Waals surface area contributed by atoms with Crippen LogP contribution in [0.4, 0.5) is 5.69 Å². The van der Waals surface area contributed by atoms with E-state index in [4.69, 9.17) is 45.6 Å². The second-order valence-corrected chi connectivity index (χ2v) is 4.85. The Bertz CT molecular complexity index is 674. The first kappa shape index (κ1) is 13.9. The Labute approximate surface area is 123 Å². The van der Waals surface area contributed by atoms with Gasteiger partial charge in [-0.3, -0.25) is 4.98 Å². The van der Waals surface area contributed by atoms with Crippen LogP contribution in [0.2, 0.25) is 15.1 Å². The minimum Gasteiger partial charge on any atom is -0.478 e. The average Bonchev–Trinajstić information content (AvgIpc) is 2.37. The molecule has 0 fully saturated rings. The van der Waals surface area contributed by atoms with Crippen molar-refractivity contribution in [2.45, 2.75) is 0 Å². The summed E-state index contributed by atoms with van der Waals surface area (Å²) >= 11 is 17.8. The third kappa shape index (κ3) is 2.61. The first-order chi connectivity index (χ1) is 8.91. The molecule has 0 aliphatic rings. The van der Waals surface area contributed by atoms with Gasteiger partial charge in [-0.2, -0.15) is 0 Å². The number of carboxylic acid groups (broad SMARTS) is 1. The molecule has 1 aromatic carbocycles. The van der Waals surface area contributed by atoms with E-state index in [2.05, 4.69) is 4.98 Å². The summed E-state index contributed by atoms with van der Waals surface area (Å²) in [5, 5.41) is 9.73. The van der Waals surface area contributed by atoms with Crippen LogP contribution in [0.25, 0.3) is 11.3 Å². The van der Waals surface area contributed by atoms with Gasteiger partial charge in [0.25, 0.3) is 0 Å². The summed E-state index contributed by atoms with van der Waals surface area (Å²) in [4.78, 5) is 15.1. The molecule has 0 radical (unpaired) electrons. The normalized spacial score (nSPS) is 10.5. The number of nitrogen functional groups attached to an aromatic ring is 1. The SMILES string of the molecule is Nc1cnc(-c2ccc(Cl)c(Cl)c2Cl)cc1C(=O)O. The van der Waals surface area contributed by atoms with Crippen LogP contribution in [0.1, 0.15) is 10.4 Å². The van der Waals surface area contributed by atoms with Gasteiger partial charge in [0.1, 0.15) is 0 Å². The number of aromatic carboxylic acids is 1. The fourth-order valence-electron chi connectivity index (χ4n) is 1.52. The molecule has 7 heteroatoms. The van der Waals surface area contributed by atoms with Gasteiger partial charge in [0.05, 0.1) is 38.2 Å². The fourth-order valence-corrected chi connectivity index (χ4v) is 2.15. The molecule has 2 rings (SSSR count). The molecule has 0 atom stereocenters. The molecule has 0 spiro atoms. The van der Waals surface area contributed by atoms with Crippen molar-refractivity contribution in [3.8, 4) is 11.3 Å². The van der Waals surface area contributed by atoms with E-state index in [1.54, 1.807) is 12.1 Å². The van der Waals surface area contributed by atoms with E-state index in [1.165, 1.54) is 12.3 Å². The Hall–Kier alpha value is -1.49. The first-order valence-corrected chi connectivity index (χ1v) is 6.18. The van der Waals surface area contributed by atoms with Gasteiger partial charge in [-0.15, -0.1) is 0 Å². The maximum atomic E-state index is 11.0. The van der Waals surface area contributed by atoms with Crippen molar-refractivity contribution in [1.29, 1.82) is 0 Å². The summed E-state index contributed by atoms with van der Waals surface area (Å²) in [5.41, 5.74) is 6.41. The lowest BCUT2D eigenvalue weighted by atomic mass is 10.1. The van der Waals surface area contributed by atoms with E-state index in [1.807, 2.05) is 0 Å². The molecule has 0 amide bonds. The highest BCUT2D eigenvalue weighted by Crippen LogP contribution is 2.37. The van der Waals surface area contributed by atoms with Crippen LogP contribution in [0.3, 0.4) is 0 Å². The molecule has 0 saturated heterocycles. The number of hydrogen-bond donors (Lipinski definition) is 2. The smallest absolute Gasteiger partial charge is 0.337 e. The number of carbonyl (C=O) groups is 1. The minimum absolute atomic E-state index is 0.0489. The standard InChI is InChI=1S/C12H7Cl3N2O2/c13-7-2-1-5(10(14)11(7)15)9-3-6(12(18)19)8(16)4-17-9/h1-4H,16H2,(H,18,19). The highest BCUT2D eigenvalue weighted by Gasteiger charge is 2.15. The molecule has 1 heterocycles. The molecule has 2 aromatic rings. The zero-order valence-electron chi connectivity index (χ0n) is 9.32. The van der Waals surface area contributed by atoms with Crippen molar-refractivity contribution in [2.75, 3.05) is 5.73 Å². The summed E-state index contributed by atoms with van der Waals surface area (Å²) in [7, 11) is 0. The van der Waals surface area contributed by atoms with E-state index in [0.717, 1.165) is 0 Å². The number of rotatable bonds is 2. The second kappa shape index (κ2) is 5.25. The molecule has 0 aliphatic carbocycles. The lowest BCUT2D eigenvalue weighted by Gasteiger charge is -2.08. The maximum Gasteiger partial charge on any atom is 0.337 e. The summed E-state index contributed by atoms with van der Waals surface area (Å²) in [6.07, 6.45) is 1.26. The van der Waals surface area contributed by atoms with Gasteiger partial charge in [0.15, 0.2) is 0 Å². The van der Waals surface area contributed by atoms with Crippen molar-refractivity contribution in [1.82, 2.24) is 4.98 Å². The van der Waals surface area contributed by atoms with Gasteiger partial charge in [-0.1, -0.05) is 34.8 Å². The number of nitrogens with zero attached hydrogens (tertiary/aromatic N) is 1. The molecule has 4 nitrogen and oxygen atoms in total. The highest BCUT2D eigenvalue weighted by molar-refractivity contribution is 6.49. The number of anilines is 1. The van der Waals surface area contributed by atoms with Gasteiger partial charge in [0, 0.05) is 5.56 Å². The van der Waals surface area contributed by atoms with Crippen LogP contribution in [-0.2, 0) is 0 Å². The monoisotopic (exact) mass is 316 g/mol. The Balaban J connectivity index is 2.63. The lowest BCUT2D eigenvalue weighted by Crippen LogP contribution is -2.03. The summed E-state index contributed by atoms with van der Waals surface area (Å²) in [5.74, 6) is -1.14. The van der Waals surface area contributed by atoms with Crippen LogP contribution in [-0.4, -0.2) is 16.1 Å². The number of benzene rings is 1. The molecule has 98 valence electrons. The highest BCUT2D eigenvalue weighted by atomic mass is 35.5. The van der Waals surface area contributed by atoms with Gasteiger partial charge in [-0.25, -0.2) is 4.79 Å². The van der Waals surface area contributed by atoms with Crippen LogP contribution in [0.5, 0.6) is 0 Å². The molecular weight excluding hydrogens is 311 g/mol. The van der Waals surface area contributed by atoms with Gasteiger partial charge in [0.2, 0.25) is 0 Å². The Morgan fingerprint density at radius 3 is 2.53 bits per heavy atom. The molecule has 0 unspecified atom stereocenters. The molecule has 3 N–H and O–H groups in total. The van der Waals surface area contributed by atoms with Crippen LogP contribution in [0.15, 0.2) is 24.4 Å². The largest absolute Gasteiger partial charge is 0.478 e. The third-order valence-electron chi connectivity index (χ3n) is 2.48. The molecular formula is C12H7Cl3N2O2. The van der Waals surface area contributed by atoms with Gasteiger partial charge in [-0.05, 0) is 18.2 Å². The lowest BCUT2D eigenvalue weighted by molar-refractivity contribution is 0.0698. The third-order valence-corrected chi connectivity index (χ3v) is 3.77. The Morgan fingerprint density at radius 2 is 1.89 bits per heavy atom. The van der Waals surface area contributed by atoms with Crippen molar-refractivity contribution >= 4 is 46.5 Å². The minimum atomic E-state index is -1.14. The fraction of sp³-hybridized carbons (Fsp3) is 0. The predicted octanol–water partition coefficient (Wildman–Crippen LogP) is 3.99. The summed E-state index contributed by atoms with van der Waals surface area (Å²) in [6.45, 7) is 0. The molecule has 0 aliphatic heterocycles. The topological polar surface area (TPSA) is 76.2 Å². The summed E-state index contributed by atoms with van der Waals surface area (Å²) in [6, 6.07) is 4.51. The number of nitrogens with two attached hydrogens (primary N) is 1. The number of carboxylic acids is 1. The predicted molar refractivity (Wildman–Crippen MR) is 76.1 cm³/mol. The molecule has 1 aromatic heterocycles. The van der Waals surface area contributed by atoms with Crippen molar-refractivity contribution in [3.63, 3.8) is 0 Å². The molecule has 0 bridgehead atoms. The van der Waals surface area contributed by atoms with Gasteiger partial charge < -0.3 is 10.8 Å². The maximum absolute atomic E-state index is 11.0. The van der Waals surface area contributed by atoms with Crippen molar-refractivity contribution < 1.29 is 9.90 Å². The number of pyridine rings is 1. The van der Waals surface area contributed by atoms with E-state index in [-0.39, 0.29) is 21.3 Å². The van der Waals surface area contributed by atoms with E-state index in [9.17, 15) is 4.79 Å². The van der Waals surface area contributed by atoms with Crippen LogP contribution < -0.4 is 5.73 Å².